The second kappa shape index (κ2) is 7.60. The highest BCUT2D eigenvalue weighted by Crippen LogP contribution is 2.04. The van der Waals surface area contributed by atoms with Crippen LogP contribution in [0.15, 0.2) is 0 Å². The first-order valence-electron chi connectivity index (χ1n) is 6.11. The number of unbranched alkanes of at least 4 members (excludes halogenated alkanes) is 1. The monoisotopic (exact) mass is 228 g/mol. The van der Waals surface area contributed by atoms with Crippen LogP contribution in [0.4, 0.5) is 0 Å². The van der Waals surface area contributed by atoms with Crippen molar-refractivity contribution < 1.29 is 5.11 Å². The highest BCUT2D eigenvalue weighted by atomic mass is 16.3. The van der Waals surface area contributed by atoms with Gasteiger partial charge in [0.1, 0.15) is 0 Å². The van der Waals surface area contributed by atoms with Crippen molar-refractivity contribution in [3.05, 3.63) is 0 Å². The molecule has 16 heavy (non-hydrogen) atoms. The Morgan fingerprint density at radius 3 is 2.12 bits per heavy atom. The summed E-state index contributed by atoms with van der Waals surface area (Å²) in [6.45, 7) is 6.50. The van der Waals surface area contributed by atoms with E-state index in [9.17, 15) is 0 Å². The molecule has 1 fully saturated rings. The summed E-state index contributed by atoms with van der Waals surface area (Å²) >= 11 is 0. The van der Waals surface area contributed by atoms with Crippen LogP contribution in [0.3, 0.4) is 0 Å². The zero-order chi connectivity index (χ0) is 11.8. The minimum atomic E-state index is 0.263. The maximum atomic E-state index is 8.82. The van der Waals surface area contributed by atoms with Crippen LogP contribution in [0.5, 0.6) is 0 Å². The highest BCUT2D eigenvalue weighted by Gasteiger charge is 2.15. The number of nitrogens with two attached hydrogens (primary N) is 1. The topological polar surface area (TPSA) is 76.6 Å². The summed E-state index contributed by atoms with van der Waals surface area (Å²) < 4.78 is 0. The van der Waals surface area contributed by atoms with Crippen molar-refractivity contribution in [3.63, 3.8) is 0 Å². The van der Waals surface area contributed by atoms with Gasteiger partial charge in [0.2, 0.25) is 0 Å². The second-order valence-electron chi connectivity index (χ2n) is 4.39. The van der Waals surface area contributed by atoms with Crippen molar-refractivity contribution in [3.8, 4) is 0 Å². The molecule has 1 aliphatic rings. The van der Waals surface area contributed by atoms with Gasteiger partial charge in [-0.25, -0.2) is 0 Å². The molecule has 1 aliphatic heterocycles. The van der Waals surface area contributed by atoms with E-state index in [1.807, 2.05) is 0 Å². The van der Waals surface area contributed by atoms with E-state index >= 15 is 0 Å². The molecule has 0 bridgehead atoms. The van der Waals surface area contributed by atoms with Crippen LogP contribution in [0.25, 0.3) is 0 Å². The van der Waals surface area contributed by atoms with Crippen LogP contribution >= 0.6 is 0 Å². The number of piperazine rings is 1. The zero-order valence-electron chi connectivity index (χ0n) is 9.99. The molecule has 0 amide bonds. The summed E-state index contributed by atoms with van der Waals surface area (Å²) in [5, 5.41) is 15.9. The summed E-state index contributed by atoms with van der Waals surface area (Å²) in [4.78, 5) is 4.75. The molecule has 4 N–H and O–H groups in total. The van der Waals surface area contributed by atoms with Gasteiger partial charge in [-0.05, 0) is 19.4 Å². The average Bonchev–Trinajstić information content (AvgIpc) is 2.27. The molecule has 5 heteroatoms. The first-order chi connectivity index (χ1) is 7.72. The quantitative estimate of drug-likeness (QED) is 0.318. The minimum absolute atomic E-state index is 0.263. The van der Waals surface area contributed by atoms with Gasteiger partial charge in [-0.3, -0.25) is 10.3 Å². The lowest BCUT2D eigenvalue weighted by Crippen LogP contribution is -2.47. The zero-order valence-corrected chi connectivity index (χ0v) is 9.99. The molecule has 0 saturated carbocycles. The fraction of sp³-hybridized carbons (Fsp3) is 0.909. The van der Waals surface area contributed by atoms with Crippen LogP contribution in [0.2, 0.25) is 0 Å². The molecule has 0 aromatic heterocycles. The summed E-state index contributed by atoms with van der Waals surface area (Å²) in [6, 6.07) is 0. The van der Waals surface area contributed by atoms with E-state index in [0.29, 0.717) is 5.84 Å². The largest absolute Gasteiger partial charge is 0.395 e. The van der Waals surface area contributed by atoms with Gasteiger partial charge in [-0.1, -0.05) is 0 Å². The smallest absolute Gasteiger partial charge is 0.0905 e. The van der Waals surface area contributed by atoms with Gasteiger partial charge >= 0.3 is 0 Å². The molecule has 0 aliphatic carbocycles. The molecule has 0 aromatic carbocycles. The Morgan fingerprint density at radius 1 is 1.06 bits per heavy atom. The predicted molar refractivity (Wildman–Crippen MR) is 65.7 cm³/mol. The van der Waals surface area contributed by atoms with Crippen LogP contribution in [-0.4, -0.2) is 66.6 Å². The summed E-state index contributed by atoms with van der Waals surface area (Å²) in [7, 11) is 0. The average molecular weight is 228 g/mol. The molecule has 5 nitrogen and oxygen atoms in total. The molecule has 0 unspecified atom stereocenters. The van der Waals surface area contributed by atoms with Gasteiger partial charge in [0, 0.05) is 39.1 Å². The van der Waals surface area contributed by atoms with Crippen molar-refractivity contribution in [1.29, 1.82) is 5.41 Å². The Kier molecular flexibility index (Phi) is 6.37. The Morgan fingerprint density at radius 2 is 1.62 bits per heavy atom. The standard InChI is InChI=1S/C11H24N4O/c12-11(13)3-1-2-4-14-5-7-15(8-6-14)9-10-16/h16H,1-10H2,(H3,12,13). The summed E-state index contributed by atoms with van der Waals surface area (Å²) in [5.74, 6) is 0.299. The molecular formula is C11H24N4O. The number of rotatable bonds is 7. The second-order valence-corrected chi connectivity index (χ2v) is 4.39. The van der Waals surface area contributed by atoms with E-state index in [4.69, 9.17) is 16.2 Å². The van der Waals surface area contributed by atoms with Gasteiger partial charge in [0.15, 0.2) is 0 Å². The van der Waals surface area contributed by atoms with Crippen LogP contribution < -0.4 is 5.73 Å². The van der Waals surface area contributed by atoms with Crippen molar-refractivity contribution in [2.45, 2.75) is 19.3 Å². The molecule has 0 radical (unpaired) electrons. The molecule has 94 valence electrons. The number of amidine groups is 1. The van der Waals surface area contributed by atoms with E-state index in [-0.39, 0.29) is 6.61 Å². The number of hydrogen-bond donors (Lipinski definition) is 3. The van der Waals surface area contributed by atoms with E-state index < -0.39 is 0 Å². The van der Waals surface area contributed by atoms with E-state index in [1.54, 1.807) is 0 Å². The van der Waals surface area contributed by atoms with Crippen LogP contribution in [0.1, 0.15) is 19.3 Å². The van der Waals surface area contributed by atoms with Gasteiger partial charge in [-0.15, -0.1) is 0 Å². The van der Waals surface area contributed by atoms with Crippen molar-refractivity contribution >= 4 is 5.84 Å². The lowest BCUT2D eigenvalue weighted by Gasteiger charge is -2.34. The third-order valence-electron chi connectivity index (χ3n) is 3.05. The Labute approximate surface area is 97.7 Å². The minimum Gasteiger partial charge on any atom is -0.395 e. The highest BCUT2D eigenvalue weighted by molar-refractivity contribution is 5.76. The molecule has 0 atom stereocenters. The number of nitrogens with one attached hydrogen (secondary N) is 1. The Balaban J connectivity index is 2.01. The Hall–Kier alpha value is -0.650. The summed E-state index contributed by atoms with van der Waals surface area (Å²) in [6.07, 6.45) is 2.87. The maximum Gasteiger partial charge on any atom is 0.0905 e. The molecular weight excluding hydrogens is 204 g/mol. The van der Waals surface area contributed by atoms with Gasteiger partial charge in [0.05, 0.1) is 12.4 Å². The van der Waals surface area contributed by atoms with Gasteiger partial charge in [0.25, 0.3) is 0 Å². The molecule has 1 heterocycles. The molecule has 1 rings (SSSR count). The van der Waals surface area contributed by atoms with Crippen molar-refractivity contribution in [2.24, 2.45) is 5.73 Å². The Bertz CT molecular complexity index is 202. The van der Waals surface area contributed by atoms with Crippen LogP contribution in [-0.2, 0) is 0 Å². The molecule has 1 saturated heterocycles. The lowest BCUT2D eigenvalue weighted by atomic mass is 10.2. The number of nitrogens with zero attached hydrogens (tertiary/aromatic N) is 2. The fourth-order valence-corrected chi connectivity index (χ4v) is 2.03. The van der Waals surface area contributed by atoms with E-state index in [1.165, 1.54) is 0 Å². The fourth-order valence-electron chi connectivity index (χ4n) is 2.03. The molecule has 0 aromatic rings. The third kappa shape index (κ3) is 5.44. The predicted octanol–water partition coefficient (Wildman–Crippen LogP) is -0.297. The van der Waals surface area contributed by atoms with Crippen molar-refractivity contribution in [2.75, 3.05) is 45.9 Å². The van der Waals surface area contributed by atoms with E-state index in [2.05, 4.69) is 9.80 Å². The molecule has 0 spiro atoms. The maximum absolute atomic E-state index is 8.82. The van der Waals surface area contributed by atoms with E-state index in [0.717, 1.165) is 58.5 Å². The number of β-amino-alcohol motifs (C(OH)–C–C–N with tert-alkyl or cyclic N) is 1. The normalized spacial score (nSPS) is 18.8. The number of hydrogen-bond acceptors (Lipinski definition) is 4. The summed E-state index contributed by atoms with van der Waals surface area (Å²) in [5.41, 5.74) is 5.30. The third-order valence-corrected chi connectivity index (χ3v) is 3.05. The van der Waals surface area contributed by atoms with Crippen molar-refractivity contribution in [1.82, 2.24) is 9.80 Å². The number of aliphatic hydroxyl groups is 1. The lowest BCUT2D eigenvalue weighted by molar-refractivity contribution is 0.111. The number of aliphatic hydroxyl groups excluding tert-OH is 1. The van der Waals surface area contributed by atoms with Crippen LogP contribution in [0, 0.1) is 5.41 Å². The van der Waals surface area contributed by atoms with Gasteiger partial charge < -0.3 is 15.7 Å². The SMILES string of the molecule is N=C(N)CCCCN1CCN(CCO)CC1. The van der Waals surface area contributed by atoms with Gasteiger partial charge in [-0.2, -0.15) is 0 Å². The first kappa shape index (κ1) is 13.4. The first-order valence-corrected chi connectivity index (χ1v) is 6.11.